The van der Waals surface area contributed by atoms with E-state index in [0.717, 1.165) is 5.75 Å². The Morgan fingerprint density at radius 3 is 2.79 bits per heavy atom. The van der Waals surface area contributed by atoms with Crippen molar-refractivity contribution in [3.8, 4) is 5.75 Å². The molecule has 0 spiro atoms. The van der Waals surface area contributed by atoms with Crippen LogP contribution < -0.4 is 10.5 Å². The molecule has 0 saturated heterocycles. The highest BCUT2D eigenvalue weighted by Gasteiger charge is 2.16. The molecule has 0 unspecified atom stereocenters. The lowest BCUT2D eigenvalue weighted by molar-refractivity contribution is 0.340. The van der Waals surface area contributed by atoms with Crippen LogP contribution in [0.3, 0.4) is 0 Å². The van der Waals surface area contributed by atoms with Crippen LogP contribution in [0, 0.1) is 5.92 Å². The quantitative estimate of drug-likeness (QED) is 0.867. The van der Waals surface area contributed by atoms with Crippen LogP contribution in [0.4, 0.5) is 0 Å². The van der Waals surface area contributed by atoms with Gasteiger partial charge in [-0.2, -0.15) is 0 Å². The summed E-state index contributed by atoms with van der Waals surface area (Å²) in [5.74, 6) is 1.63. The van der Waals surface area contributed by atoms with Gasteiger partial charge < -0.3 is 10.5 Å². The first-order chi connectivity index (χ1) is 9.33. The summed E-state index contributed by atoms with van der Waals surface area (Å²) in [4.78, 5) is 0. The molecular formula is C17H25NO. The van der Waals surface area contributed by atoms with E-state index < -0.39 is 0 Å². The van der Waals surface area contributed by atoms with Crippen molar-refractivity contribution in [2.24, 2.45) is 11.7 Å². The van der Waals surface area contributed by atoms with Crippen molar-refractivity contribution in [2.45, 2.75) is 39.0 Å². The fourth-order valence-electron chi connectivity index (χ4n) is 2.89. The second kappa shape index (κ2) is 7.34. The van der Waals surface area contributed by atoms with Gasteiger partial charge in [0.1, 0.15) is 5.75 Å². The number of hydrogen-bond donors (Lipinski definition) is 1. The van der Waals surface area contributed by atoms with E-state index in [1.165, 1.54) is 43.2 Å². The zero-order valence-corrected chi connectivity index (χ0v) is 11.9. The monoisotopic (exact) mass is 259 g/mol. The molecule has 1 aromatic carbocycles. The fraction of sp³-hybridized carbons (Fsp3) is 0.529. The molecule has 1 saturated carbocycles. The SMILES string of the molecule is CCOc1cccc(C=C(CN)C2CCCCC2)c1. The first kappa shape index (κ1) is 14.1. The number of ether oxygens (including phenoxy) is 1. The average molecular weight is 259 g/mol. The maximum absolute atomic E-state index is 5.95. The topological polar surface area (TPSA) is 35.2 Å². The Balaban J connectivity index is 2.14. The molecule has 1 aliphatic rings. The van der Waals surface area contributed by atoms with Gasteiger partial charge in [0.25, 0.3) is 0 Å². The fourth-order valence-corrected chi connectivity index (χ4v) is 2.89. The minimum absolute atomic E-state index is 0.670. The molecule has 19 heavy (non-hydrogen) atoms. The van der Waals surface area contributed by atoms with Crippen molar-refractivity contribution in [1.82, 2.24) is 0 Å². The van der Waals surface area contributed by atoms with E-state index in [0.29, 0.717) is 19.1 Å². The Morgan fingerprint density at radius 1 is 1.32 bits per heavy atom. The second-order valence-corrected chi connectivity index (χ2v) is 5.26. The van der Waals surface area contributed by atoms with Gasteiger partial charge in [-0.05, 0) is 43.4 Å². The first-order valence-electron chi connectivity index (χ1n) is 7.47. The van der Waals surface area contributed by atoms with Crippen LogP contribution >= 0.6 is 0 Å². The summed E-state index contributed by atoms with van der Waals surface area (Å²) >= 11 is 0. The summed E-state index contributed by atoms with van der Waals surface area (Å²) in [5, 5.41) is 0. The third kappa shape index (κ3) is 4.10. The van der Waals surface area contributed by atoms with Crippen LogP contribution in [0.1, 0.15) is 44.6 Å². The van der Waals surface area contributed by atoms with E-state index in [1.807, 2.05) is 19.1 Å². The lowest BCUT2D eigenvalue weighted by Crippen LogP contribution is -2.16. The van der Waals surface area contributed by atoms with E-state index in [-0.39, 0.29) is 0 Å². The predicted octanol–water partition coefficient (Wildman–Crippen LogP) is 4.01. The highest BCUT2D eigenvalue weighted by molar-refractivity contribution is 5.55. The third-order valence-corrected chi connectivity index (χ3v) is 3.89. The zero-order valence-electron chi connectivity index (χ0n) is 11.9. The standard InChI is InChI=1S/C17H25NO/c1-2-19-17-10-6-7-14(12-17)11-16(13-18)15-8-4-3-5-9-15/h6-7,10-12,15H,2-5,8-9,13,18H2,1H3. The Labute approximate surface area is 116 Å². The molecule has 0 atom stereocenters. The van der Waals surface area contributed by atoms with Crippen molar-refractivity contribution in [2.75, 3.05) is 13.2 Å². The molecular weight excluding hydrogens is 234 g/mol. The minimum Gasteiger partial charge on any atom is -0.494 e. The molecule has 2 nitrogen and oxygen atoms in total. The van der Waals surface area contributed by atoms with Crippen LogP contribution in [0.15, 0.2) is 29.8 Å². The van der Waals surface area contributed by atoms with E-state index >= 15 is 0 Å². The van der Waals surface area contributed by atoms with Gasteiger partial charge in [-0.3, -0.25) is 0 Å². The summed E-state index contributed by atoms with van der Waals surface area (Å²) in [7, 11) is 0. The smallest absolute Gasteiger partial charge is 0.119 e. The van der Waals surface area contributed by atoms with Crippen molar-refractivity contribution in [1.29, 1.82) is 0 Å². The van der Waals surface area contributed by atoms with Crippen LogP contribution in [-0.2, 0) is 0 Å². The highest BCUT2D eigenvalue weighted by atomic mass is 16.5. The van der Waals surface area contributed by atoms with Gasteiger partial charge in [-0.15, -0.1) is 0 Å². The molecule has 2 N–H and O–H groups in total. The van der Waals surface area contributed by atoms with Crippen LogP contribution in [-0.4, -0.2) is 13.2 Å². The third-order valence-electron chi connectivity index (χ3n) is 3.89. The first-order valence-corrected chi connectivity index (χ1v) is 7.47. The van der Waals surface area contributed by atoms with Gasteiger partial charge in [0.2, 0.25) is 0 Å². The van der Waals surface area contributed by atoms with Crippen LogP contribution in [0.25, 0.3) is 6.08 Å². The normalized spacial score (nSPS) is 17.5. The van der Waals surface area contributed by atoms with Crippen molar-refractivity contribution < 1.29 is 4.74 Å². The number of hydrogen-bond acceptors (Lipinski definition) is 2. The summed E-state index contributed by atoms with van der Waals surface area (Å²) in [6.07, 6.45) is 8.94. The maximum atomic E-state index is 5.95. The zero-order chi connectivity index (χ0) is 13.5. The molecule has 0 bridgehead atoms. The van der Waals surface area contributed by atoms with Crippen molar-refractivity contribution >= 4 is 6.08 Å². The molecule has 1 aliphatic carbocycles. The number of nitrogens with two attached hydrogens (primary N) is 1. The number of rotatable bonds is 5. The lowest BCUT2D eigenvalue weighted by atomic mass is 9.83. The largest absolute Gasteiger partial charge is 0.494 e. The molecule has 2 heteroatoms. The molecule has 0 radical (unpaired) electrons. The van der Waals surface area contributed by atoms with Gasteiger partial charge >= 0.3 is 0 Å². The number of benzene rings is 1. The lowest BCUT2D eigenvalue weighted by Gasteiger charge is -2.24. The molecule has 0 aromatic heterocycles. The van der Waals surface area contributed by atoms with Crippen molar-refractivity contribution in [3.05, 3.63) is 35.4 Å². The Bertz CT molecular complexity index is 419. The van der Waals surface area contributed by atoms with Gasteiger partial charge in [0.05, 0.1) is 6.61 Å². The predicted molar refractivity (Wildman–Crippen MR) is 81.2 cm³/mol. The molecule has 0 amide bonds. The van der Waals surface area contributed by atoms with Gasteiger partial charge in [0.15, 0.2) is 0 Å². The van der Waals surface area contributed by atoms with Crippen LogP contribution in [0.2, 0.25) is 0 Å². The molecule has 0 aliphatic heterocycles. The highest BCUT2D eigenvalue weighted by Crippen LogP contribution is 2.30. The Hall–Kier alpha value is -1.28. The van der Waals surface area contributed by atoms with Gasteiger partial charge in [0, 0.05) is 6.54 Å². The van der Waals surface area contributed by atoms with Gasteiger partial charge in [-0.1, -0.05) is 43.0 Å². The maximum Gasteiger partial charge on any atom is 0.119 e. The average Bonchev–Trinajstić information content (AvgIpc) is 2.46. The second-order valence-electron chi connectivity index (χ2n) is 5.26. The van der Waals surface area contributed by atoms with E-state index in [1.54, 1.807) is 0 Å². The minimum atomic E-state index is 0.670. The van der Waals surface area contributed by atoms with Crippen molar-refractivity contribution in [3.63, 3.8) is 0 Å². The summed E-state index contributed by atoms with van der Waals surface area (Å²) in [6, 6.07) is 8.28. The molecule has 1 fully saturated rings. The van der Waals surface area contributed by atoms with E-state index in [4.69, 9.17) is 10.5 Å². The Kier molecular flexibility index (Phi) is 5.46. The molecule has 1 aromatic rings. The summed E-state index contributed by atoms with van der Waals surface area (Å²) in [6.45, 7) is 3.39. The Morgan fingerprint density at radius 2 is 2.11 bits per heavy atom. The molecule has 104 valence electrons. The van der Waals surface area contributed by atoms with E-state index in [9.17, 15) is 0 Å². The molecule has 2 rings (SSSR count). The summed E-state index contributed by atoms with van der Waals surface area (Å²) < 4.78 is 5.55. The van der Waals surface area contributed by atoms with Crippen LogP contribution in [0.5, 0.6) is 5.75 Å². The van der Waals surface area contributed by atoms with E-state index in [2.05, 4.69) is 18.2 Å². The van der Waals surface area contributed by atoms with Gasteiger partial charge in [-0.25, -0.2) is 0 Å². The summed E-state index contributed by atoms with van der Waals surface area (Å²) in [5.41, 5.74) is 8.55. The molecule has 0 heterocycles.